The Morgan fingerprint density at radius 2 is 1.57 bits per heavy atom. The highest BCUT2D eigenvalue weighted by Crippen LogP contribution is 2.61. The second-order valence-electron chi connectivity index (χ2n) is 7.97. The van der Waals surface area contributed by atoms with Gasteiger partial charge in [-0.2, -0.15) is 0 Å². The van der Waals surface area contributed by atoms with Crippen molar-refractivity contribution in [2.45, 2.75) is 64.7 Å². The van der Waals surface area contributed by atoms with Gasteiger partial charge in [-0.15, -0.1) is 0 Å². The van der Waals surface area contributed by atoms with Gasteiger partial charge < -0.3 is 0 Å². The van der Waals surface area contributed by atoms with E-state index < -0.39 is 9.84 Å². The first-order chi connectivity index (χ1) is 9.90. The predicted octanol–water partition coefficient (Wildman–Crippen LogP) is 3.38. The second-order valence-corrected chi connectivity index (χ2v) is 10.4. The van der Waals surface area contributed by atoms with Crippen molar-refractivity contribution in [1.29, 1.82) is 0 Å². The number of carbonyl (C=O) groups is 1. The molecule has 0 radical (unpaired) electrons. The van der Waals surface area contributed by atoms with Crippen molar-refractivity contribution in [3.05, 3.63) is 0 Å². The van der Waals surface area contributed by atoms with E-state index in [9.17, 15) is 13.2 Å². The average molecular weight is 312 g/mol. The summed E-state index contributed by atoms with van der Waals surface area (Å²) in [6.07, 6.45) is 9.70. The molecule has 4 rings (SSSR count). The van der Waals surface area contributed by atoms with Crippen LogP contribution in [-0.4, -0.2) is 25.7 Å². The summed E-state index contributed by atoms with van der Waals surface area (Å²) in [4.78, 5) is 12.3. The number of ketones is 1. The van der Waals surface area contributed by atoms with Crippen LogP contribution in [0.4, 0.5) is 0 Å². The maximum absolute atomic E-state index is 12.3. The van der Waals surface area contributed by atoms with Gasteiger partial charge in [0.25, 0.3) is 0 Å². The summed E-state index contributed by atoms with van der Waals surface area (Å²) < 4.78 is 23.0. The largest absolute Gasteiger partial charge is 0.300 e. The fraction of sp³-hybridized carbons (Fsp3) is 0.941. The van der Waals surface area contributed by atoms with Gasteiger partial charge in [0.05, 0.1) is 5.75 Å². The minimum Gasteiger partial charge on any atom is -0.300 e. The molecule has 0 aromatic carbocycles. The van der Waals surface area contributed by atoms with E-state index in [0.29, 0.717) is 24.0 Å². The van der Waals surface area contributed by atoms with Crippen LogP contribution in [0.2, 0.25) is 0 Å². The molecule has 0 N–H and O–H groups in total. The maximum Gasteiger partial charge on any atom is 0.150 e. The average Bonchev–Trinajstić information content (AvgIpc) is 2.36. The van der Waals surface area contributed by atoms with Crippen LogP contribution in [0.5, 0.6) is 0 Å². The highest BCUT2D eigenvalue weighted by Gasteiger charge is 2.51. The molecule has 0 unspecified atom stereocenters. The third kappa shape index (κ3) is 3.52. The van der Waals surface area contributed by atoms with Crippen LogP contribution in [0.1, 0.15) is 64.7 Å². The van der Waals surface area contributed by atoms with E-state index in [1.165, 1.54) is 38.5 Å². The lowest BCUT2D eigenvalue weighted by atomic mass is 9.48. The lowest BCUT2D eigenvalue weighted by Gasteiger charge is -2.56. The smallest absolute Gasteiger partial charge is 0.150 e. The topological polar surface area (TPSA) is 51.2 Å². The van der Waals surface area contributed by atoms with Crippen molar-refractivity contribution in [2.75, 3.05) is 11.5 Å². The highest BCUT2D eigenvalue weighted by molar-refractivity contribution is 7.91. The second kappa shape index (κ2) is 5.68. The number of carbonyl (C=O) groups excluding carboxylic acids is 1. The Balaban J connectivity index is 1.51. The predicted molar refractivity (Wildman–Crippen MR) is 83.8 cm³/mol. The van der Waals surface area contributed by atoms with Gasteiger partial charge in [-0.05, 0) is 68.1 Å². The maximum atomic E-state index is 12.3. The molecular weight excluding hydrogens is 284 g/mol. The zero-order valence-electron chi connectivity index (χ0n) is 13.1. The van der Waals surface area contributed by atoms with E-state index in [1.807, 2.05) is 0 Å². The minimum atomic E-state index is -2.92. The highest BCUT2D eigenvalue weighted by atomic mass is 32.2. The van der Waals surface area contributed by atoms with Crippen molar-refractivity contribution < 1.29 is 13.2 Å². The van der Waals surface area contributed by atoms with Crippen molar-refractivity contribution in [1.82, 2.24) is 0 Å². The Morgan fingerprint density at radius 1 is 1.05 bits per heavy atom. The summed E-state index contributed by atoms with van der Waals surface area (Å²) >= 11 is 0. The Labute approximate surface area is 128 Å². The normalized spacial score (nSPS) is 37.9. The minimum absolute atomic E-state index is 0.177. The molecule has 4 aliphatic carbocycles. The van der Waals surface area contributed by atoms with Gasteiger partial charge in [0.2, 0.25) is 0 Å². The molecule has 0 aromatic rings. The van der Waals surface area contributed by atoms with Crippen LogP contribution in [0.15, 0.2) is 0 Å². The molecule has 21 heavy (non-hydrogen) atoms. The summed E-state index contributed by atoms with van der Waals surface area (Å²) in [5, 5.41) is 0. The number of rotatable bonds is 7. The van der Waals surface area contributed by atoms with Crippen LogP contribution < -0.4 is 0 Å². The van der Waals surface area contributed by atoms with E-state index in [-0.39, 0.29) is 11.5 Å². The zero-order valence-corrected chi connectivity index (χ0v) is 14.0. The van der Waals surface area contributed by atoms with Crippen molar-refractivity contribution >= 4 is 15.6 Å². The van der Waals surface area contributed by atoms with Crippen molar-refractivity contribution in [2.24, 2.45) is 23.2 Å². The molecule has 4 fully saturated rings. The number of Topliss-reactive ketones (excluding diaryl/α,β-unsaturated/α-hetero) is 1. The first kappa shape index (κ1) is 15.5. The summed E-state index contributed by atoms with van der Waals surface area (Å²) in [5.74, 6) is 3.31. The van der Waals surface area contributed by atoms with Crippen LogP contribution in [0, 0.1) is 23.2 Å². The van der Waals surface area contributed by atoms with E-state index in [1.54, 1.807) is 6.92 Å². The van der Waals surface area contributed by atoms with Crippen LogP contribution >= 0.6 is 0 Å². The third-order valence-corrected chi connectivity index (χ3v) is 7.88. The summed E-state index contributed by atoms with van der Waals surface area (Å²) in [5.41, 5.74) is 0.301. The molecule has 0 amide bonds. The fourth-order valence-corrected chi connectivity index (χ4v) is 6.52. The molecular formula is C17H28O3S. The Bertz CT molecular complexity index is 471. The van der Waals surface area contributed by atoms with Gasteiger partial charge in [0.1, 0.15) is 15.6 Å². The summed E-state index contributed by atoms with van der Waals surface area (Å²) in [6, 6.07) is 0. The van der Waals surface area contributed by atoms with Crippen molar-refractivity contribution in [3.63, 3.8) is 0 Å². The van der Waals surface area contributed by atoms with Gasteiger partial charge in [0, 0.05) is 18.6 Å². The van der Waals surface area contributed by atoms with E-state index in [4.69, 9.17) is 0 Å². The van der Waals surface area contributed by atoms with Gasteiger partial charge in [-0.1, -0.05) is 6.92 Å². The van der Waals surface area contributed by atoms with Crippen LogP contribution in [0.3, 0.4) is 0 Å². The standard InChI is InChI=1S/C17H28O3S/c1-2-21(19,20)5-3-4-16(18)12-17-9-13-6-14(10-17)8-15(7-13)11-17/h13-15H,2-12H2,1H3. The Morgan fingerprint density at radius 3 is 2.05 bits per heavy atom. The summed E-state index contributed by atoms with van der Waals surface area (Å²) in [6.45, 7) is 1.67. The van der Waals surface area contributed by atoms with Gasteiger partial charge in [0.15, 0.2) is 0 Å². The Hall–Kier alpha value is -0.380. The lowest BCUT2D eigenvalue weighted by molar-refractivity contribution is -0.127. The zero-order chi connectivity index (χ0) is 15.1. The van der Waals surface area contributed by atoms with Crippen LogP contribution in [0.25, 0.3) is 0 Å². The molecule has 0 spiro atoms. The first-order valence-corrected chi connectivity index (χ1v) is 10.4. The molecule has 0 saturated heterocycles. The monoisotopic (exact) mass is 312 g/mol. The molecule has 0 atom stereocenters. The fourth-order valence-electron chi connectivity index (χ4n) is 5.65. The molecule has 4 heteroatoms. The molecule has 4 aliphatic rings. The van der Waals surface area contributed by atoms with Crippen molar-refractivity contribution in [3.8, 4) is 0 Å². The number of sulfone groups is 1. The molecule has 120 valence electrons. The quantitative estimate of drug-likeness (QED) is 0.724. The number of hydrogen-bond donors (Lipinski definition) is 0. The molecule has 4 bridgehead atoms. The molecule has 3 nitrogen and oxygen atoms in total. The molecule has 4 saturated carbocycles. The lowest BCUT2D eigenvalue weighted by Crippen LogP contribution is -2.46. The van der Waals surface area contributed by atoms with Gasteiger partial charge in [-0.25, -0.2) is 8.42 Å². The van der Waals surface area contributed by atoms with E-state index >= 15 is 0 Å². The first-order valence-electron chi connectivity index (χ1n) is 8.62. The third-order valence-electron chi connectivity index (χ3n) is 6.09. The SMILES string of the molecule is CCS(=O)(=O)CCCC(=O)CC12CC3CC(CC(C3)C1)C2. The molecule has 0 heterocycles. The number of hydrogen-bond acceptors (Lipinski definition) is 3. The van der Waals surface area contributed by atoms with Gasteiger partial charge >= 0.3 is 0 Å². The molecule has 0 aliphatic heterocycles. The summed E-state index contributed by atoms with van der Waals surface area (Å²) in [7, 11) is -2.92. The van der Waals surface area contributed by atoms with E-state index in [0.717, 1.165) is 24.2 Å². The van der Waals surface area contributed by atoms with E-state index in [2.05, 4.69) is 0 Å². The van der Waals surface area contributed by atoms with Crippen LogP contribution in [-0.2, 0) is 14.6 Å². The van der Waals surface area contributed by atoms with Gasteiger partial charge in [-0.3, -0.25) is 4.79 Å². The Kier molecular flexibility index (Phi) is 4.19. The molecule has 0 aromatic heterocycles.